The number of unbranched alkanes of at least 4 members (excludes halogenated alkanes) is 1. The normalized spacial score (nSPS) is 15.1. The lowest BCUT2D eigenvalue weighted by Crippen LogP contribution is -2.16. The van der Waals surface area contributed by atoms with Crippen molar-refractivity contribution < 1.29 is 0 Å². The summed E-state index contributed by atoms with van der Waals surface area (Å²) >= 11 is 0. The van der Waals surface area contributed by atoms with Crippen LogP contribution in [0.2, 0.25) is 0 Å². The Morgan fingerprint density at radius 1 is 1.53 bits per heavy atom. The Balaban J connectivity index is 2.92. The first-order valence-corrected chi connectivity index (χ1v) is 6.45. The summed E-state index contributed by atoms with van der Waals surface area (Å²) < 4.78 is 0. The van der Waals surface area contributed by atoms with E-state index >= 15 is 0 Å². The molecule has 0 saturated carbocycles. The highest BCUT2D eigenvalue weighted by Gasteiger charge is 2.14. The maximum atomic E-state index is 8.90. The van der Waals surface area contributed by atoms with E-state index in [1.807, 2.05) is 12.2 Å². The summed E-state index contributed by atoms with van der Waals surface area (Å²) in [4.78, 5) is 0. The molecule has 1 aliphatic carbocycles. The summed E-state index contributed by atoms with van der Waals surface area (Å²) in [6.45, 7) is 5.77. The Hall–Kier alpha value is -2.21. The number of hydrogen-bond donors (Lipinski definition) is 2. The highest BCUT2D eigenvalue weighted by Crippen LogP contribution is 2.19. The fourth-order valence-electron chi connectivity index (χ4n) is 1.84. The average molecular weight is 253 g/mol. The van der Waals surface area contributed by atoms with Gasteiger partial charge in [-0.05, 0) is 36.5 Å². The molecule has 0 aromatic heterocycles. The van der Waals surface area contributed by atoms with Crippen LogP contribution < -0.4 is 0 Å². The van der Waals surface area contributed by atoms with Crippen molar-refractivity contribution in [1.82, 2.24) is 0 Å². The molecule has 0 bridgehead atoms. The van der Waals surface area contributed by atoms with Crippen LogP contribution in [0.4, 0.5) is 0 Å². The lowest BCUT2D eigenvalue weighted by molar-refractivity contribution is 0.956. The predicted molar refractivity (Wildman–Crippen MR) is 79.7 cm³/mol. The molecule has 0 saturated heterocycles. The lowest BCUT2D eigenvalue weighted by Gasteiger charge is -2.12. The molecule has 19 heavy (non-hydrogen) atoms. The van der Waals surface area contributed by atoms with Gasteiger partial charge in [0.25, 0.3) is 0 Å². The van der Waals surface area contributed by atoms with Crippen molar-refractivity contribution in [3.05, 3.63) is 47.6 Å². The third-order valence-electron chi connectivity index (χ3n) is 2.95. The van der Waals surface area contributed by atoms with Gasteiger partial charge in [0.1, 0.15) is 0 Å². The first-order chi connectivity index (χ1) is 9.13. The second-order valence-corrected chi connectivity index (χ2v) is 4.38. The molecule has 2 N–H and O–H groups in total. The second kappa shape index (κ2) is 7.27. The van der Waals surface area contributed by atoms with E-state index in [-0.39, 0.29) is 11.4 Å². The van der Waals surface area contributed by atoms with Gasteiger partial charge >= 0.3 is 0 Å². The number of hydrogen-bond acceptors (Lipinski definition) is 3. The topological polar surface area (TPSA) is 71.5 Å². The van der Waals surface area contributed by atoms with E-state index in [1.165, 1.54) is 0 Å². The smallest absolute Gasteiger partial charge is 0.0947 e. The first-order valence-electron chi connectivity index (χ1n) is 6.45. The van der Waals surface area contributed by atoms with Gasteiger partial charge in [-0.25, -0.2) is 0 Å². The first kappa shape index (κ1) is 14.8. The van der Waals surface area contributed by atoms with Crippen molar-refractivity contribution in [2.24, 2.45) is 0 Å². The monoisotopic (exact) mass is 253 g/mol. The summed E-state index contributed by atoms with van der Waals surface area (Å²) in [5.41, 5.74) is 2.36. The summed E-state index contributed by atoms with van der Waals surface area (Å²) in [6, 6.07) is 2.12. The van der Waals surface area contributed by atoms with Gasteiger partial charge in [-0.3, -0.25) is 10.8 Å². The molecule has 0 atom stereocenters. The molecule has 0 unspecified atom stereocenters. The maximum Gasteiger partial charge on any atom is 0.0947 e. The minimum absolute atomic E-state index is 0.162. The van der Waals surface area contributed by atoms with Crippen LogP contribution in [0.3, 0.4) is 0 Å². The standard InChI is InChI=1S/C16H19N3/c1-3-5-8-13(4-2)15(18)16(19)14-9-6-7-12(10-14)11-17/h4,8-10,18-19H,2-3,5-7H2,1H3/b13-8+,18-15?,19-16?. The Morgan fingerprint density at radius 2 is 2.26 bits per heavy atom. The molecular formula is C16H19N3. The molecule has 3 nitrogen and oxygen atoms in total. The third-order valence-corrected chi connectivity index (χ3v) is 2.95. The molecule has 98 valence electrons. The van der Waals surface area contributed by atoms with Gasteiger partial charge in [-0.1, -0.05) is 38.2 Å². The molecule has 0 aromatic carbocycles. The molecule has 0 fully saturated rings. The zero-order valence-electron chi connectivity index (χ0n) is 11.3. The van der Waals surface area contributed by atoms with Crippen LogP contribution >= 0.6 is 0 Å². The van der Waals surface area contributed by atoms with E-state index in [1.54, 1.807) is 12.2 Å². The second-order valence-electron chi connectivity index (χ2n) is 4.38. The molecule has 0 radical (unpaired) electrons. The molecule has 1 aliphatic rings. The zero-order valence-corrected chi connectivity index (χ0v) is 11.3. The molecular weight excluding hydrogens is 234 g/mol. The molecule has 3 heteroatoms. The van der Waals surface area contributed by atoms with Crippen LogP contribution in [0, 0.1) is 22.1 Å². The van der Waals surface area contributed by atoms with Gasteiger partial charge in [-0.2, -0.15) is 5.26 Å². The van der Waals surface area contributed by atoms with E-state index in [4.69, 9.17) is 16.1 Å². The minimum atomic E-state index is 0.162. The van der Waals surface area contributed by atoms with Crippen LogP contribution in [-0.2, 0) is 0 Å². The Morgan fingerprint density at radius 3 is 2.84 bits per heavy atom. The van der Waals surface area contributed by atoms with E-state index in [2.05, 4.69) is 19.6 Å². The van der Waals surface area contributed by atoms with Crippen LogP contribution in [-0.4, -0.2) is 11.4 Å². The molecule has 1 rings (SSSR count). The number of allylic oxidation sites excluding steroid dienone is 7. The van der Waals surface area contributed by atoms with Crippen molar-refractivity contribution in [3.8, 4) is 6.07 Å². The van der Waals surface area contributed by atoms with Gasteiger partial charge in [0.15, 0.2) is 0 Å². The summed E-state index contributed by atoms with van der Waals surface area (Å²) in [7, 11) is 0. The van der Waals surface area contributed by atoms with E-state index < -0.39 is 0 Å². The lowest BCUT2D eigenvalue weighted by atomic mass is 9.92. The molecule has 0 spiro atoms. The van der Waals surface area contributed by atoms with Crippen LogP contribution in [0.1, 0.15) is 32.6 Å². The summed E-state index contributed by atoms with van der Waals surface area (Å²) in [5.74, 6) is 0. The largest absolute Gasteiger partial charge is 0.298 e. The molecule has 0 aromatic rings. The van der Waals surface area contributed by atoms with Crippen molar-refractivity contribution in [3.63, 3.8) is 0 Å². The van der Waals surface area contributed by atoms with Crippen molar-refractivity contribution in [1.29, 1.82) is 16.1 Å². The number of rotatable bonds is 6. The molecule has 0 aliphatic heterocycles. The quantitative estimate of drug-likeness (QED) is 0.542. The summed E-state index contributed by atoms with van der Waals surface area (Å²) in [6.07, 6.45) is 10.5. The number of nitrogens with zero attached hydrogens (tertiary/aromatic N) is 1. The third kappa shape index (κ3) is 3.89. The van der Waals surface area contributed by atoms with Gasteiger partial charge < -0.3 is 0 Å². The van der Waals surface area contributed by atoms with Crippen molar-refractivity contribution in [2.45, 2.75) is 32.6 Å². The number of nitrogens with one attached hydrogen (secondary N) is 2. The molecule has 0 amide bonds. The predicted octanol–water partition coefficient (Wildman–Crippen LogP) is 4.11. The highest BCUT2D eigenvalue weighted by atomic mass is 14.5. The van der Waals surface area contributed by atoms with Crippen molar-refractivity contribution in [2.75, 3.05) is 0 Å². The molecule has 0 heterocycles. The van der Waals surface area contributed by atoms with Gasteiger partial charge in [-0.15, -0.1) is 0 Å². The van der Waals surface area contributed by atoms with Crippen molar-refractivity contribution >= 4 is 11.4 Å². The summed E-state index contributed by atoms with van der Waals surface area (Å²) in [5, 5.41) is 25.1. The van der Waals surface area contributed by atoms with Crippen LogP contribution in [0.15, 0.2) is 47.6 Å². The Kier molecular flexibility index (Phi) is 5.69. The maximum absolute atomic E-state index is 8.90. The van der Waals surface area contributed by atoms with Crippen LogP contribution in [0.5, 0.6) is 0 Å². The van der Waals surface area contributed by atoms with E-state index in [9.17, 15) is 0 Å². The van der Waals surface area contributed by atoms with Gasteiger partial charge in [0, 0.05) is 5.57 Å². The fraction of sp³-hybridized carbons (Fsp3) is 0.312. The average Bonchev–Trinajstić information content (AvgIpc) is 2.47. The SMILES string of the molecule is C=C/C(=C\CCC)C(=N)C(=N)C1=CCCC(C#N)=C1. The van der Waals surface area contributed by atoms with E-state index in [0.29, 0.717) is 16.7 Å². The Bertz CT molecular complexity index is 525. The highest BCUT2D eigenvalue weighted by molar-refractivity contribution is 6.52. The van der Waals surface area contributed by atoms with Gasteiger partial charge in [0.2, 0.25) is 0 Å². The van der Waals surface area contributed by atoms with E-state index in [0.717, 1.165) is 25.7 Å². The number of nitriles is 1. The zero-order chi connectivity index (χ0) is 14.3. The minimum Gasteiger partial charge on any atom is -0.298 e. The van der Waals surface area contributed by atoms with Crippen LogP contribution in [0.25, 0.3) is 0 Å². The van der Waals surface area contributed by atoms with Gasteiger partial charge in [0.05, 0.1) is 17.5 Å². The fourth-order valence-corrected chi connectivity index (χ4v) is 1.84. The Labute approximate surface area is 114 Å².